The molecule has 1 aromatic rings. The molecule has 0 saturated carbocycles. The fourth-order valence-electron chi connectivity index (χ4n) is 4.04. The van der Waals surface area contributed by atoms with E-state index in [9.17, 15) is 0 Å². The second-order valence-corrected chi connectivity index (χ2v) is 8.33. The molecule has 0 radical (unpaired) electrons. The average molecular weight is 437 g/mol. The van der Waals surface area contributed by atoms with Crippen molar-refractivity contribution in [2.45, 2.75) is 93.4 Å². The minimum atomic E-state index is 0.150. The first-order valence-electron chi connectivity index (χ1n) is 12.6. The Hall–Kier alpha value is -2.08. The zero-order valence-electron chi connectivity index (χ0n) is 22.4. The molecule has 0 aliphatic rings. The molecule has 0 bridgehead atoms. The summed E-state index contributed by atoms with van der Waals surface area (Å²) in [6.45, 7) is 26.8. The number of hydrogen-bond acceptors (Lipinski definition) is 0. The highest BCUT2D eigenvalue weighted by Crippen LogP contribution is 2.44. The summed E-state index contributed by atoms with van der Waals surface area (Å²) >= 11 is 0. The van der Waals surface area contributed by atoms with Gasteiger partial charge in [-0.15, -0.1) is 13.2 Å². The quantitative estimate of drug-likeness (QED) is 0.213. The summed E-state index contributed by atoms with van der Waals surface area (Å²) in [5.41, 5.74) is 4.41. The van der Waals surface area contributed by atoms with Gasteiger partial charge in [-0.05, 0) is 76.2 Å². The number of allylic oxidation sites excluding steroid dienone is 7. The van der Waals surface area contributed by atoms with Crippen molar-refractivity contribution in [3.8, 4) is 0 Å². The molecule has 0 heteroatoms. The lowest BCUT2D eigenvalue weighted by atomic mass is 9.65. The van der Waals surface area contributed by atoms with Crippen molar-refractivity contribution in [1.82, 2.24) is 0 Å². The Morgan fingerprint density at radius 3 is 2.09 bits per heavy atom. The van der Waals surface area contributed by atoms with Gasteiger partial charge in [-0.3, -0.25) is 0 Å². The van der Waals surface area contributed by atoms with E-state index in [1.54, 1.807) is 6.08 Å². The summed E-state index contributed by atoms with van der Waals surface area (Å²) in [6.07, 6.45) is 18.4. The monoisotopic (exact) mass is 436 g/mol. The van der Waals surface area contributed by atoms with E-state index in [4.69, 9.17) is 0 Å². The lowest BCUT2D eigenvalue weighted by Gasteiger charge is -2.39. The third-order valence-electron chi connectivity index (χ3n) is 5.90. The molecule has 2 unspecified atom stereocenters. The smallest absolute Gasteiger partial charge is 0.00860 e. The van der Waals surface area contributed by atoms with Crippen LogP contribution in [-0.4, -0.2) is 0 Å². The first-order chi connectivity index (χ1) is 15.4. The van der Waals surface area contributed by atoms with Crippen LogP contribution in [0.25, 0.3) is 0 Å². The van der Waals surface area contributed by atoms with E-state index in [1.165, 1.54) is 23.1 Å². The first-order valence-corrected chi connectivity index (χ1v) is 12.6. The number of rotatable bonds is 13. The number of benzene rings is 1. The van der Waals surface area contributed by atoms with E-state index >= 15 is 0 Å². The average Bonchev–Trinajstić information content (AvgIpc) is 2.81. The van der Waals surface area contributed by atoms with Gasteiger partial charge in [-0.1, -0.05) is 113 Å². The molecule has 0 spiro atoms. The Morgan fingerprint density at radius 2 is 1.62 bits per heavy atom. The largest absolute Gasteiger partial charge is 0.103 e. The molecule has 0 aromatic heterocycles. The van der Waals surface area contributed by atoms with Crippen LogP contribution in [0, 0.1) is 11.3 Å². The zero-order valence-corrected chi connectivity index (χ0v) is 22.4. The maximum absolute atomic E-state index is 4.39. The van der Waals surface area contributed by atoms with Gasteiger partial charge in [0.2, 0.25) is 0 Å². The van der Waals surface area contributed by atoms with Crippen molar-refractivity contribution in [2.24, 2.45) is 11.3 Å². The zero-order chi connectivity index (χ0) is 24.8. The van der Waals surface area contributed by atoms with Crippen molar-refractivity contribution in [1.29, 1.82) is 0 Å². The molecular formula is C32H52. The van der Waals surface area contributed by atoms with E-state index in [1.807, 2.05) is 20.8 Å². The summed E-state index contributed by atoms with van der Waals surface area (Å²) in [7, 11) is 0. The maximum atomic E-state index is 4.39. The van der Waals surface area contributed by atoms with Gasteiger partial charge in [0.15, 0.2) is 0 Å². The van der Waals surface area contributed by atoms with Crippen molar-refractivity contribution < 1.29 is 0 Å². The Bertz CT molecular complexity index is 659. The van der Waals surface area contributed by atoms with Crippen LogP contribution < -0.4 is 0 Å². The minimum Gasteiger partial charge on any atom is -0.103 e. The molecule has 2 atom stereocenters. The highest BCUT2D eigenvalue weighted by Gasteiger charge is 2.34. The molecule has 0 N–H and O–H groups in total. The Kier molecular flexibility index (Phi) is 20.9. The highest BCUT2D eigenvalue weighted by molar-refractivity contribution is 5.19. The molecule has 1 rings (SSSR count). The molecule has 0 fully saturated rings. The lowest BCUT2D eigenvalue weighted by Crippen LogP contribution is -2.30. The van der Waals surface area contributed by atoms with Gasteiger partial charge in [-0.25, -0.2) is 0 Å². The van der Waals surface area contributed by atoms with Gasteiger partial charge >= 0.3 is 0 Å². The first kappa shape index (κ1) is 32.1. The van der Waals surface area contributed by atoms with Gasteiger partial charge in [0, 0.05) is 0 Å². The second-order valence-electron chi connectivity index (χ2n) is 8.33. The third-order valence-corrected chi connectivity index (χ3v) is 5.90. The number of hydrogen-bond donors (Lipinski definition) is 0. The second kappa shape index (κ2) is 20.8. The molecule has 0 amide bonds. The third kappa shape index (κ3) is 13.4. The topological polar surface area (TPSA) is 0 Å². The van der Waals surface area contributed by atoms with Crippen LogP contribution in [0.2, 0.25) is 0 Å². The Morgan fingerprint density at radius 1 is 1.03 bits per heavy atom. The predicted molar refractivity (Wildman–Crippen MR) is 150 cm³/mol. The van der Waals surface area contributed by atoms with Crippen LogP contribution >= 0.6 is 0 Å². The van der Waals surface area contributed by atoms with E-state index in [0.29, 0.717) is 5.92 Å². The van der Waals surface area contributed by atoms with Crippen LogP contribution in [0.1, 0.15) is 92.6 Å². The van der Waals surface area contributed by atoms with Crippen LogP contribution in [-0.2, 0) is 6.42 Å². The summed E-state index contributed by atoms with van der Waals surface area (Å²) in [4.78, 5) is 0. The van der Waals surface area contributed by atoms with Crippen molar-refractivity contribution in [3.05, 3.63) is 97.2 Å². The molecular weight excluding hydrogens is 384 g/mol. The van der Waals surface area contributed by atoms with Crippen molar-refractivity contribution in [3.63, 3.8) is 0 Å². The predicted octanol–water partition coefficient (Wildman–Crippen LogP) is 10.7. The molecule has 180 valence electrons. The molecule has 0 heterocycles. The molecule has 0 saturated heterocycles. The molecule has 0 nitrogen and oxygen atoms in total. The Balaban J connectivity index is 0. The standard InChI is InChI=1S/C27H40.C3H6.C2H6/c1-7-11-16-23(5)19-20-27(9-3,10-4)26(21-24(6)15-8-2)22-25-17-13-12-14-18-25;1-3-2;1-2/h7,9,11-14,16-18,26H,3,6,8,10,15,19-22H2,1-2,4-5H3;3H,1H2,2H3;1-2H3/b11-7-,23-16+;;. The molecule has 0 aliphatic heterocycles. The lowest BCUT2D eigenvalue weighted by molar-refractivity contribution is 0.196. The van der Waals surface area contributed by atoms with Crippen LogP contribution in [0.3, 0.4) is 0 Å². The van der Waals surface area contributed by atoms with Crippen LogP contribution in [0.15, 0.2) is 91.6 Å². The van der Waals surface area contributed by atoms with Crippen molar-refractivity contribution >= 4 is 0 Å². The van der Waals surface area contributed by atoms with Crippen molar-refractivity contribution in [2.75, 3.05) is 0 Å². The molecule has 1 aromatic carbocycles. The fraction of sp³-hybridized carbons (Fsp3) is 0.500. The van der Waals surface area contributed by atoms with Gasteiger partial charge in [-0.2, -0.15) is 0 Å². The summed E-state index contributed by atoms with van der Waals surface area (Å²) in [6, 6.07) is 10.9. The van der Waals surface area contributed by atoms with Gasteiger partial charge in [0.1, 0.15) is 0 Å². The maximum Gasteiger partial charge on any atom is -0.00860 e. The summed E-state index contributed by atoms with van der Waals surface area (Å²) in [5, 5.41) is 0. The summed E-state index contributed by atoms with van der Waals surface area (Å²) < 4.78 is 0. The normalized spacial score (nSPS) is 13.7. The van der Waals surface area contributed by atoms with E-state index in [-0.39, 0.29) is 5.41 Å². The minimum absolute atomic E-state index is 0.150. The Labute approximate surface area is 201 Å². The van der Waals surface area contributed by atoms with Crippen LogP contribution in [0.4, 0.5) is 0 Å². The van der Waals surface area contributed by atoms with Gasteiger partial charge in [0.25, 0.3) is 0 Å². The highest BCUT2D eigenvalue weighted by atomic mass is 14.4. The van der Waals surface area contributed by atoms with Gasteiger partial charge < -0.3 is 0 Å². The fourth-order valence-corrected chi connectivity index (χ4v) is 4.04. The van der Waals surface area contributed by atoms with Gasteiger partial charge in [0.05, 0.1) is 0 Å². The SMILES string of the molecule is C=CC.C=CC(CC)(CC/C(C)=C/C=C\C)C(CC(=C)CCC)Cc1ccccc1.CC. The summed E-state index contributed by atoms with van der Waals surface area (Å²) in [5.74, 6) is 0.552. The van der Waals surface area contributed by atoms with E-state index < -0.39 is 0 Å². The van der Waals surface area contributed by atoms with E-state index in [0.717, 1.165) is 38.5 Å². The molecule has 32 heavy (non-hydrogen) atoms. The molecule has 0 aliphatic carbocycles. The van der Waals surface area contributed by atoms with E-state index in [2.05, 4.69) is 102 Å². The van der Waals surface area contributed by atoms with Crippen LogP contribution in [0.5, 0.6) is 0 Å².